The molecule has 1 aliphatic heterocycles. The van der Waals surface area contributed by atoms with E-state index in [0.29, 0.717) is 17.4 Å². The van der Waals surface area contributed by atoms with Gasteiger partial charge in [-0.2, -0.15) is 0 Å². The van der Waals surface area contributed by atoms with E-state index in [1.54, 1.807) is 29.5 Å². The van der Waals surface area contributed by atoms with Crippen LogP contribution in [0.2, 0.25) is 0 Å². The topological polar surface area (TPSA) is 63.9 Å². The van der Waals surface area contributed by atoms with E-state index in [0.717, 1.165) is 25.2 Å². The van der Waals surface area contributed by atoms with Gasteiger partial charge in [0, 0.05) is 25.5 Å². The third-order valence-electron chi connectivity index (χ3n) is 4.41. The van der Waals surface area contributed by atoms with Gasteiger partial charge in [0.25, 0.3) is 5.56 Å². The van der Waals surface area contributed by atoms with Gasteiger partial charge in [0.2, 0.25) is 0 Å². The molecule has 4 rings (SSSR count). The Morgan fingerprint density at radius 2 is 2.12 bits per heavy atom. The summed E-state index contributed by atoms with van der Waals surface area (Å²) in [7, 11) is 0. The van der Waals surface area contributed by atoms with Gasteiger partial charge < -0.3 is 4.90 Å². The summed E-state index contributed by atoms with van der Waals surface area (Å²) >= 11 is 0. The standard InChI is InChI=1S/C17H16FN5O/c18-12-3-4-15-14(8-12)17(24)23(11-21-15)13-2-1-7-22(10-13)16-9-19-5-6-20-16/h3-6,8-9,11,13H,1-2,7,10H2/t13-/m1/s1. The van der Waals surface area contributed by atoms with Gasteiger partial charge in [0.05, 0.1) is 29.5 Å². The Kier molecular flexibility index (Phi) is 3.68. The largest absolute Gasteiger partial charge is 0.353 e. The molecule has 3 heterocycles. The molecule has 0 saturated carbocycles. The molecule has 1 aliphatic rings. The van der Waals surface area contributed by atoms with Crippen molar-refractivity contribution in [1.82, 2.24) is 19.5 Å². The number of benzene rings is 1. The Morgan fingerprint density at radius 1 is 1.21 bits per heavy atom. The fourth-order valence-electron chi connectivity index (χ4n) is 3.21. The number of piperidine rings is 1. The van der Waals surface area contributed by atoms with Gasteiger partial charge in [-0.15, -0.1) is 0 Å². The van der Waals surface area contributed by atoms with Crippen LogP contribution in [0.5, 0.6) is 0 Å². The summed E-state index contributed by atoms with van der Waals surface area (Å²) in [4.78, 5) is 27.6. The van der Waals surface area contributed by atoms with Crippen molar-refractivity contribution in [3.8, 4) is 0 Å². The molecule has 0 amide bonds. The van der Waals surface area contributed by atoms with E-state index in [-0.39, 0.29) is 11.6 Å². The first kappa shape index (κ1) is 14.7. The van der Waals surface area contributed by atoms with Crippen molar-refractivity contribution < 1.29 is 4.39 Å². The predicted octanol–water partition coefficient (Wildman–Crippen LogP) is 2.17. The Morgan fingerprint density at radius 3 is 2.96 bits per heavy atom. The lowest BCUT2D eigenvalue weighted by molar-refractivity contribution is 0.393. The van der Waals surface area contributed by atoms with Gasteiger partial charge in [-0.1, -0.05) is 0 Å². The van der Waals surface area contributed by atoms with Crippen molar-refractivity contribution in [2.45, 2.75) is 18.9 Å². The van der Waals surface area contributed by atoms with Crippen LogP contribution >= 0.6 is 0 Å². The van der Waals surface area contributed by atoms with Gasteiger partial charge in [-0.25, -0.2) is 14.4 Å². The second-order valence-corrected chi connectivity index (χ2v) is 5.92. The lowest BCUT2D eigenvalue weighted by Gasteiger charge is -2.34. The lowest BCUT2D eigenvalue weighted by Crippen LogP contribution is -2.40. The van der Waals surface area contributed by atoms with E-state index in [9.17, 15) is 9.18 Å². The first-order valence-corrected chi connectivity index (χ1v) is 7.90. The molecular weight excluding hydrogens is 309 g/mol. The number of aromatic nitrogens is 4. The minimum Gasteiger partial charge on any atom is -0.353 e. The van der Waals surface area contributed by atoms with Crippen LogP contribution in [0.25, 0.3) is 10.9 Å². The molecule has 122 valence electrons. The van der Waals surface area contributed by atoms with Crippen molar-refractivity contribution in [1.29, 1.82) is 0 Å². The van der Waals surface area contributed by atoms with E-state index in [1.807, 2.05) is 0 Å². The summed E-state index contributed by atoms with van der Waals surface area (Å²) in [5, 5.41) is 0.314. The molecule has 2 aromatic heterocycles. The molecule has 0 spiro atoms. The van der Waals surface area contributed by atoms with E-state index in [1.165, 1.54) is 18.2 Å². The van der Waals surface area contributed by atoms with Crippen LogP contribution in [-0.2, 0) is 0 Å². The van der Waals surface area contributed by atoms with E-state index >= 15 is 0 Å². The minimum absolute atomic E-state index is 0.0200. The van der Waals surface area contributed by atoms with Crippen molar-refractivity contribution in [2.75, 3.05) is 18.0 Å². The van der Waals surface area contributed by atoms with Crippen LogP contribution in [0.15, 0.2) is 47.9 Å². The molecule has 1 fully saturated rings. The van der Waals surface area contributed by atoms with Crippen LogP contribution < -0.4 is 10.5 Å². The van der Waals surface area contributed by atoms with Gasteiger partial charge in [0.1, 0.15) is 11.6 Å². The highest BCUT2D eigenvalue weighted by Crippen LogP contribution is 2.24. The first-order chi connectivity index (χ1) is 11.7. The molecule has 7 heteroatoms. The first-order valence-electron chi connectivity index (χ1n) is 7.90. The molecule has 1 saturated heterocycles. The van der Waals surface area contributed by atoms with E-state index < -0.39 is 5.82 Å². The summed E-state index contributed by atoms with van der Waals surface area (Å²) in [6.45, 7) is 1.53. The number of hydrogen-bond donors (Lipinski definition) is 0. The van der Waals surface area contributed by atoms with Crippen LogP contribution in [0.3, 0.4) is 0 Å². The lowest BCUT2D eigenvalue weighted by atomic mass is 10.1. The zero-order valence-corrected chi connectivity index (χ0v) is 13.0. The van der Waals surface area contributed by atoms with Gasteiger partial charge >= 0.3 is 0 Å². The molecule has 0 N–H and O–H groups in total. The maximum absolute atomic E-state index is 13.5. The monoisotopic (exact) mass is 325 g/mol. The average molecular weight is 325 g/mol. The van der Waals surface area contributed by atoms with Crippen molar-refractivity contribution in [3.63, 3.8) is 0 Å². The molecular formula is C17H16FN5O. The molecule has 1 atom stereocenters. The minimum atomic E-state index is -0.427. The molecule has 0 aliphatic carbocycles. The molecule has 0 bridgehead atoms. The van der Waals surface area contributed by atoms with Crippen molar-refractivity contribution >= 4 is 16.7 Å². The van der Waals surface area contributed by atoms with Gasteiger partial charge in [0.15, 0.2) is 0 Å². The van der Waals surface area contributed by atoms with E-state index in [2.05, 4.69) is 19.9 Å². The Hall–Kier alpha value is -2.83. The highest BCUT2D eigenvalue weighted by Gasteiger charge is 2.23. The van der Waals surface area contributed by atoms with Crippen molar-refractivity contribution in [2.24, 2.45) is 0 Å². The quantitative estimate of drug-likeness (QED) is 0.722. The highest BCUT2D eigenvalue weighted by molar-refractivity contribution is 5.77. The summed E-state index contributed by atoms with van der Waals surface area (Å²) in [6.07, 6.45) is 8.39. The van der Waals surface area contributed by atoms with Crippen LogP contribution in [-0.4, -0.2) is 32.6 Å². The highest BCUT2D eigenvalue weighted by atomic mass is 19.1. The fraction of sp³-hybridized carbons (Fsp3) is 0.294. The number of fused-ring (bicyclic) bond motifs is 1. The maximum atomic E-state index is 13.5. The number of halogens is 1. The molecule has 24 heavy (non-hydrogen) atoms. The maximum Gasteiger partial charge on any atom is 0.261 e. The van der Waals surface area contributed by atoms with Crippen LogP contribution in [0, 0.1) is 5.82 Å². The normalized spacial score (nSPS) is 18.0. The Labute approximate surface area is 137 Å². The second-order valence-electron chi connectivity index (χ2n) is 5.92. The molecule has 6 nitrogen and oxygen atoms in total. The second kappa shape index (κ2) is 5.99. The SMILES string of the molecule is O=c1c2cc(F)ccc2ncn1[C@@H]1CCCN(c2cnccn2)C1. The Balaban J connectivity index is 1.69. The fourth-order valence-corrected chi connectivity index (χ4v) is 3.21. The smallest absolute Gasteiger partial charge is 0.261 e. The third-order valence-corrected chi connectivity index (χ3v) is 4.41. The predicted molar refractivity (Wildman–Crippen MR) is 88.5 cm³/mol. The summed E-state index contributed by atoms with van der Waals surface area (Å²) in [5.41, 5.74) is 0.310. The number of anilines is 1. The van der Waals surface area contributed by atoms with Crippen LogP contribution in [0.1, 0.15) is 18.9 Å². The van der Waals surface area contributed by atoms with Crippen molar-refractivity contribution in [3.05, 3.63) is 59.3 Å². The summed E-state index contributed by atoms with van der Waals surface area (Å²) in [6, 6.07) is 4.08. The summed E-state index contributed by atoms with van der Waals surface area (Å²) < 4.78 is 15.1. The van der Waals surface area contributed by atoms with Gasteiger partial charge in [-0.3, -0.25) is 14.3 Å². The average Bonchev–Trinajstić information content (AvgIpc) is 2.63. The van der Waals surface area contributed by atoms with E-state index in [4.69, 9.17) is 0 Å². The van der Waals surface area contributed by atoms with Crippen LogP contribution in [0.4, 0.5) is 10.2 Å². The number of nitrogens with zero attached hydrogens (tertiary/aromatic N) is 5. The number of hydrogen-bond acceptors (Lipinski definition) is 5. The zero-order chi connectivity index (χ0) is 16.5. The molecule has 0 radical (unpaired) electrons. The Bertz CT molecular complexity index is 927. The third kappa shape index (κ3) is 2.62. The molecule has 0 unspecified atom stereocenters. The molecule has 3 aromatic rings. The van der Waals surface area contributed by atoms with Gasteiger partial charge in [-0.05, 0) is 31.0 Å². The number of rotatable bonds is 2. The summed E-state index contributed by atoms with van der Waals surface area (Å²) in [5.74, 6) is 0.374. The molecule has 1 aromatic carbocycles. The zero-order valence-electron chi connectivity index (χ0n) is 13.0.